The number of aromatic hydroxyl groups is 1. The van der Waals surface area contributed by atoms with E-state index in [-0.39, 0.29) is 29.2 Å². The standard InChI is InChI=1S/C22H28N2O5/c1-12-7-8-17(13(2)11-12)14(3)16(5)29-22(27)15(4)24-21(26)19-20(25)18(28-6)9-10-23-19/h7-11,14-16,25H,1-6H3,(H,24,26)/t14-,15-,16+/m0/s1. The Kier molecular flexibility index (Phi) is 7.20. The minimum absolute atomic E-state index is 0.00783. The highest BCUT2D eigenvalue weighted by Gasteiger charge is 2.26. The molecular formula is C22H28N2O5. The van der Waals surface area contributed by atoms with Gasteiger partial charge < -0.3 is 19.9 Å². The van der Waals surface area contributed by atoms with E-state index in [9.17, 15) is 14.7 Å². The van der Waals surface area contributed by atoms with Gasteiger partial charge in [-0.15, -0.1) is 0 Å². The Bertz CT molecular complexity index is 897. The van der Waals surface area contributed by atoms with E-state index in [1.54, 1.807) is 0 Å². The summed E-state index contributed by atoms with van der Waals surface area (Å²) in [6.07, 6.45) is 0.955. The van der Waals surface area contributed by atoms with Gasteiger partial charge in [-0.05, 0) is 38.8 Å². The van der Waals surface area contributed by atoms with E-state index < -0.39 is 17.9 Å². The summed E-state index contributed by atoms with van der Waals surface area (Å²) in [5.41, 5.74) is 3.20. The number of esters is 1. The normalized spacial score (nSPS) is 13.9. The van der Waals surface area contributed by atoms with Gasteiger partial charge >= 0.3 is 5.97 Å². The van der Waals surface area contributed by atoms with E-state index in [1.807, 2.05) is 39.8 Å². The first-order valence-electron chi connectivity index (χ1n) is 9.46. The van der Waals surface area contributed by atoms with Crippen LogP contribution in [-0.2, 0) is 9.53 Å². The SMILES string of the molecule is COc1ccnc(C(=O)N[C@@H](C)C(=O)O[C@H](C)[C@H](C)c2ccc(C)cc2C)c1O. The molecule has 0 saturated carbocycles. The molecule has 0 spiro atoms. The summed E-state index contributed by atoms with van der Waals surface area (Å²) in [6.45, 7) is 9.41. The highest BCUT2D eigenvalue weighted by Crippen LogP contribution is 2.28. The molecule has 7 heteroatoms. The molecule has 1 heterocycles. The first-order valence-corrected chi connectivity index (χ1v) is 9.46. The summed E-state index contributed by atoms with van der Waals surface area (Å²) in [7, 11) is 1.37. The highest BCUT2D eigenvalue weighted by molar-refractivity contribution is 5.97. The Morgan fingerprint density at radius 3 is 2.45 bits per heavy atom. The second-order valence-electron chi connectivity index (χ2n) is 7.20. The fraction of sp³-hybridized carbons (Fsp3) is 0.409. The Morgan fingerprint density at radius 1 is 1.14 bits per heavy atom. The van der Waals surface area contributed by atoms with Crippen LogP contribution in [0.1, 0.15) is 53.9 Å². The molecule has 0 fully saturated rings. The Balaban J connectivity index is 2.02. The van der Waals surface area contributed by atoms with Crippen molar-refractivity contribution in [1.82, 2.24) is 10.3 Å². The number of carbonyl (C=O) groups is 2. The third kappa shape index (κ3) is 5.25. The molecule has 0 unspecified atom stereocenters. The second-order valence-corrected chi connectivity index (χ2v) is 7.20. The summed E-state index contributed by atoms with van der Waals surface area (Å²) in [6, 6.07) is 6.69. The molecule has 0 saturated heterocycles. The van der Waals surface area contributed by atoms with Crippen LogP contribution < -0.4 is 10.1 Å². The molecule has 156 valence electrons. The lowest BCUT2D eigenvalue weighted by Gasteiger charge is -2.24. The average Bonchev–Trinajstić information content (AvgIpc) is 2.67. The van der Waals surface area contributed by atoms with E-state index in [4.69, 9.17) is 9.47 Å². The van der Waals surface area contributed by atoms with E-state index in [0.29, 0.717) is 0 Å². The maximum Gasteiger partial charge on any atom is 0.328 e. The van der Waals surface area contributed by atoms with Crippen LogP contribution in [0.5, 0.6) is 11.5 Å². The van der Waals surface area contributed by atoms with Gasteiger partial charge in [0, 0.05) is 18.2 Å². The largest absolute Gasteiger partial charge is 0.503 e. The van der Waals surface area contributed by atoms with Gasteiger partial charge in [-0.3, -0.25) is 4.79 Å². The summed E-state index contributed by atoms with van der Waals surface area (Å²) in [4.78, 5) is 28.7. The lowest BCUT2D eigenvalue weighted by atomic mass is 9.91. The highest BCUT2D eigenvalue weighted by atomic mass is 16.5. The first kappa shape index (κ1) is 22.2. The number of nitrogens with zero attached hydrogens (tertiary/aromatic N) is 1. The average molecular weight is 400 g/mol. The van der Waals surface area contributed by atoms with Gasteiger partial charge in [0.25, 0.3) is 5.91 Å². The van der Waals surface area contributed by atoms with Crippen LogP contribution in [0.15, 0.2) is 30.5 Å². The molecule has 7 nitrogen and oxygen atoms in total. The maximum atomic E-state index is 12.5. The lowest BCUT2D eigenvalue weighted by Crippen LogP contribution is -2.41. The topological polar surface area (TPSA) is 97.8 Å². The van der Waals surface area contributed by atoms with Crippen molar-refractivity contribution in [2.45, 2.75) is 52.7 Å². The van der Waals surface area contributed by atoms with E-state index >= 15 is 0 Å². The molecule has 1 aromatic carbocycles. The van der Waals surface area contributed by atoms with Crippen LogP contribution in [-0.4, -0.2) is 41.2 Å². The van der Waals surface area contributed by atoms with Crippen LogP contribution in [0.4, 0.5) is 0 Å². The number of hydrogen-bond donors (Lipinski definition) is 2. The summed E-state index contributed by atoms with van der Waals surface area (Å²) >= 11 is 0. The number of ether oxygens (including phenoxy) is 2. The zero-order valence-corrected chi connectivity index (χ0v) is 17.6. The number of nitrogens with one attached hydrogen (secondary N) is 1. The van der Waals surface area contributed by atoms with Crippen LogP contribution >= 0.6 is 0 Å². The number of pyridine rings is 1. The number of amides is 1. The van der Waals surface area contributed by atoms with Crippen molar-refractivity contribution in [3.05, 3.63) is 52.8 Å². The van der Waals surface area contributed by atoms with Crippen molar-refractivity contribution in [1.29, 1.82) is 0 Å². The van der Waals surface area contributed by atoms with Crippen LogP contribution in [0, 0.1) is 13.8 Å². The maximum absolute atomic E-state index is 12.5. The van der Waals surface area contributed by atoms with Crippen LogP contribution in [0.2, 0.25) is 0 Å². The number of methoxy groups -OCH3 is 1. The van der Waals surface area contributed by atoms with Gasteiger partial charge in [0.15, 0.2) is 17.2 Å². The molecule has 29 heavy (non-hydrogen) atoms. The predicted molar refractivity (Wildman–Crippen MR) is 109 cm³/mol. The Morgan fingerprint density at radius 2 is 1.83 bits per heavy atom. The quantitative estimate of drug-likeness (QED) is 0.693. The molecule has 0 aliphatic carbocycles. The number of aromatic nitrogens is 1. The fourth-order valence-electron chi connectivity index (χ4n) is 3.07. The van der Waals surface area contributed by atoms with Crippen molar-refractivity contribution in [3.63, 3.8) is 0 Å². The predicted octanol–water partition coefficient (Wildman–Crippen LogP) is 3.27. The summed E-state index contributed by atoms with van der Waals surface area (Å²) in [5, 5.41) is 12.5. The molecule has 0 bridgehead atoms. The molecule has 2 aromatic rings. The van der Waals surface area contributed by atoms with Gasteiger partial charge in [-0.2, -0.15) is 0 Å². The van der Waals surface area contributed by atoms with Gasteiger partial charge in [-0.25, -0.2) is 9.78 Å². The molecule has 1 amide bonds. The van der Waals surface area contributed by atoms with Crippen LogP contribution in [0.3, 0.4) is 0 Å². The van der Waals surface area contributed by atoms with Gasteiger partial charge in [0.1, 0.15) is 12.1 Å². The van der Waals surface area contributed by atoms with Crippen molar-refractivity contribution >= 4 is 11.9 Å². The van der Waals surface area contributed by atoms with Crippen molar-refractivity contribution in [2.24, 2.45) is 0 Å². The monoisotopic (exact) mass is 400 g/mol. The van der Waals surface area contributed by atoms with E-state index in [2.05, 4.69) is 16.4 Å². The van der Waals surface area contributed by atoms with Gasteiger partial charge in [-0.1, -0.05) is 30.7 Å². The van der Waals surface area contributed by atoms with E-state index in [0.717, 1.165) is 11.1 Å². The lowest BCUT2D eigenvalue weighted by molar-refractivity contribution is -0.151. The third-order valence-corrected chi connectivity index (χ3v) is 4.95. The minimum atomic E-state index is -0.913. The second kappa shape index (κ2) is 9.41. The van der Waals surface area contributed by atoms with Crippen molar-refractivity contribution < 1.29 is 24.2 Å². The van der Waals surface area contributed by atoms with Gasteiger partial charge in [0.2, 0.25) is 0 Å². The number of benzene rings is 1. The number of carbonyl (C=O) groups excluding carboxylic acids is 2. The fourth-order valence-corrected chi connectivity index (χ4v) is 3.07. The van der Waals surface area contributed by atoms with Crippen molar-refractivity contribution in [3.8, 4) is 11.5 Å². The van der Waals surface area contributed by atoms with Gasteiger partial charge in [0.05, 0.1) is 7.11 Å². The number of rotatable bonds is 7. The Hall–Kier alpha value is -3.09. The molecule has 0 radical (unpaired) electrons. The van der Waals surface area contributed by atoms with E-state index in [1.165, 1.54) is 31.9 Å². The molecule has 2 N–H and O–H groups in total. The first-order chi connectivity index (χ1) is 13.6. The minimum Gasteiger partial charge on any atom is -0.503 e. The van der Waals surface area contributed by atoms with Crippen molar-refractivity contribution in [2.75, 3.05) is 7.11 Å². The molecule has 2 rings (SSSR count). The molecule has 3 atom stereocenters. The Labute approximate surface area is 171 Å². The summed E-state index contributed by atoms with van der Waals surface area (Å²) in [5.74, 6) is -1.53. The van der Waals surface area contributed by atoms with Crippen LogP contribution in [0.25, 0.3) is 0 Å². The zero-order chi connectivity index (χ0) is 21.7. The molecule has 1 aromatic heterocycles. The summed E-state index contributed by atoms with van der Waals surface area (Å²) < 4.78 is 10.5. The zero-order valence-electron chi connectivity index (χ0n) is 17.6. The number of aryl methyl sites for hydroxylation is 2. The molecule has 0 aliphatic heterocycles. The molecular weight excluding hydrogens is 372 g/mol. The third-order valence-electron chi connectivity index (χ3n) is 4.95. The molecule has 0 aliphatic rings. The number of hydrogen-bond acceptors (Lipinski definition) is 6. The smallest absolute Gasteiger partial charge is 0.328 e.